The van der Waals surface area contributed by atoms with Gasteiger partial charge in [-0.2, -0.15) is 5.10 Å². The van der Waals surface area contributed by atoms with Crippen molar-refractivity contribution in [2.45, 2.75) is 0 Å². The van der Waals surface area contributed by atoms with Crippen LogP contribution in [0.3, 0.4) is 0 Å². The Kier molecular flexibility index (Phi) is 3.85. The molecule has 1 aromatic carbocycles. The summed E-state index contributed by atoms with van der Waals surface area (Å²) >= 11 is 3.43. The van der Waals surface area contributed by atoms with Crippen LogP contribution < -0.4 is 19.5 Å². The molecule has 0 amide bonds. The van der Waals surface area contributed by atoms with Gasteiger partial charge in [0.1, 0.15) is 29.1 Å². The molecule has 4 rings (SSSR count). The standard InChI is InChI=1S/C15H14BrN5O3/c1-21-15-12(13(16)20-21)14(18-7-19-15)17-4-5-22-9-2-3-10-11(6-9)24-8-23-10/h2-3,6-7H,4-5,8H2,1H3,(H,17,18,19). The van der Waals surface area contributed by atoms with Crippen molar-refractivity contribution in [3.05, 3.63) is 29.1 Å². The van der Waals surface area contributed by atoms with Crippen molar-refractivity contribution < 1.29 is 14.2 Å². The van der Waals surface area contributed by atoms with Crippen LogP contribution >= 0.6 is 15.9 Å². The summed E-state index contributed by atoms with van der Waals surface area (Å²) in [6, 6.07) is 5.52. The highest BCUT2D eigenvalue weighted by Gasteiger charge is 2.14. The molecule has 1 aliphatic rings. The molecular weight excluding hydrogens is 378 g/mol. The molecule has 3 aromatic rings. The second kappa shape index (κ2) is 6.16. The highest BCUT2D eigenvalue weighted by Crippen LogP contribution is 2.35. The van der Waals surface area contributed by atoms with Crippen LogP contribution in [0.2, 0.25) is 0 Å². The minimum Gasteiger partial charge on any atom is -0.492 e. The highest BCUT2D eigenvalue weighted by molar-refractivity contribution is 9.10. The third kappa shape index (κ3) is 2.71. The van der Waals surface area contributed by atoms with E-state index < -0.39 is 0 Å². The number of anilines is 1. The molecule has 0 saturated carbocycles. The number of aromatic nitrogens is 4. The summed E-state index contributed by atoms with van der Waals surface area (Å²) < 4.78 is 18.7. The average molecular weight is 392 g/mol. The molecule has 1 aliphatic heterocycles. The maximum atomic E-state index is 5.73. The maximum Gasteiger partial charge on any atom is 0.231 e. The molecule has 0 fully saturated rings. The smallest absolute Gasteiger partial charge is 0.231 e. The van der Waals surface area contributed by atoms with Gasteiger partial charge in [-0.1, -0.05) is 0 Å². The number of rotatable bonds is 5. The first-order valence-electron chi connectivity index (χ1n) is 7.32. The Hall–Kier alpha value is -2.55. The van der Waals surface area contributed by atoms with Crippen molar-refractivity contribution in [1.29, 1.82) is 0 Å². The summed E-state index contributed by atoms with van der Waals surface area (Å²) in [5.74, 6) is 2.90. The van der Waals surface area contributed by atoms with Gasteiger partial charge < -0.3 is 19.5 Å². The van der Waals surface area contributed by atoms with Gasteiger partial charge in [-0.3, -0.25) is 0 Å². The zero-order valence-corrected chi connectivity index (χ0v) is 14.4. The predicted octanol–water partition coefficient (Wildman–Crippen LogP) is 2.35. The fourth-order valence-electron chi connectivity index (χ4n) is 2.48. The number of ether oxygens (including phenoxy) is 3. The topological polar surface area (TPSA) is 83.3 Å². The van der Waals surface area contributed by atoms with Crippen molar-refractivity contribution >= 4 is 32.8 Å². The second-order valence-electron chi connectivity index (χ2n) is 5.13. The number of fused-ring (bicyclic) bond motifs is 2. The molecule has 0 bridgehead atoms. The highest BCUT2D eigenvalue weighted by atomic mass is 79.9. The van der Waals surface area contributed by atoms with Crippen molar-refractivity contribution in [2.75, 3.05) is 25.3 Å². The Bertz CT molecular complexity index is 898. The Labute approximate surface area is 145 Å². The molecule has 3 heterocycles. The summed E-state index contributed by atoms with van der Waals surface area (Å²) in [6.07, 6.45) is 1.51. The Morgan fingerprint density at radius 3 is 3.08 bits per heavy atom. The number of aryl methyl sites for hydroxylation is 1. The first-order chi connectivity index (χ1) is 11.7. The first kappa shape index (κ1) is 15.0. The molecule has 0 atom stereocenters. The second-order valence-corrected chi connectivity index (χ2v) is 5.88. The fraction of sp³-hybridized carbons (Fsp3) is 0.267. The minimum atomic E-state index is 0.254. The summed E-state index contributed by atoms with van der Waals surface area (Å²) in [5.41, 5.74) is 0.760. The Balaban J connectivity index is 1.39. The van der Waals surface area contributed by atoms with Crippen LogP contribution in [0.4, 0.5) is 5.82 Å². The number of halogens is 1. The van der Waals surface area contributed by atoms with Crippen molar-refractivity contribution in [3.63, 3.8) is 0 Å². The van der Waals surface area contributed by atoms with Crippen molar-refractivity contribution in [2.24, 2.45) is 7.05 Å². The number of nitrogens with zero attached hydrogens (tertiary/aromatic N) is 4. The lowest BCUT2D eigenvalue weighted by molar-refractivity contribution is 0.174. The van der Waals surface area contributed by atoms with Crippen molar-refractivity contribution in [3.8, 4) is 17.2 Å². The van der Waals surface area contributed by atoms with Gasteiger partial charge >= 0.3 is 0 Å². The molecule has 124 valence electrons. The zero-order chi connectivity index (χ0) is 16.5. The monoisotopic (exact) mass is 391 g/mol. The summed E-state index contributed by atoms with van der Waals surface area (Å²) in [7, 11) is 1.84. The van der Waals surface area contributed by atoms with Gasteiger partial charge in [0.05, 0.1) is 11.9 Å². The van der Waals surface area contributed by atoms with E-state index in [1.165, 1.54) is 6.33 Å². The normalized spacial score (nSPS) is 12.6. The van der Waals surface area contributed by atoms with E-state index in [2.05, 4.69) is 36.3 Å². The van der Waals surface area contributed by atoms with Crippen LogP contribution in [0.1, 0.15) is 0 Å². The molecule has 2 aromatic heterocycles. The predicted molar refractivity (Wildman–Crippen MR) is 90.6 cm³/mol. The lowest BCUT2D eigenvalue weighted by Gasteiger charge is -2.09. The first-order valence-corrected chi connectivity index (χ1v) is 8.11. The average Bonchev–Trinajstić information content (AvgIpc) is 3.16. The van der Waals surface area contributed by atoms with E-state index in [0.717, 1.165) is 22.5 Å². The molecule has 0 unspecified atom stereocenters. The molecule has 8 nitrogen and oxygen atoms in total. The van der Waals surface area contributed by atoms with E-state index in [-0.39, 0.29) is 6.79 Å². The molecule has 0 aliphatic carbocycles. The SMILES string of the molecule is Cn1nc(Br)c2c(NCCOc3ccc4c(c3)OCO4)ncnc21. The van der Waals surface area contributed by atoms with E-state index >= 15 is 0 Å². The maximum absolute atomic E-state index is 5.73. The molecule has 0 spiro atoms. The van der Waals surface area contributed by atoms with Crippen LogP contribution in [-0.2, 0) is 7.05 Å². The van der Waals surface area contributed by atoms with E-state index in [1.807, 2.05) is 25.2 Å². The summed E-state index contributed by atoms with van der Waals surface area (Å²) in [4.78, 5) is 8.51. The third-order valence-corrected chi connectivity index (χ3v) is 4.14. The van der Waals surface area contributed by atoms with Crippen LogP contribution in [0.25, 0.3) is 11.0 Å². The lowest BCUT2D eigenvalue weighted by Crippen LogP contribution is -2.12. The van der Waals surface area contributed by atoms with E-state index in [0.29, 0.717) is 29.3 Å². The Morgan fingerprint density at radius 2 is 2.17 bits per heavy atom. The molecule has 0 radical (unpaired) electrons. The van der Waals surface area contributed by atoms with Gasteiger partial charge in [0, 0.05) is 13.1 Å². The van der Waals surface area contributed by atoms with Gasteiger partial charge in [0.15, 0.2) is 17.1 Å². The van der Waals surface area contributed by atoms with Crippen LogP contribution in [0.15, 0.2) is 29.1 Å². The summed E-state index contributed by atoms with van der Waals surface area (Å²) in [6.45, 7) is 1.31. The van der Waals surface area contributed by atoms with Gasteiger partial charge in [-0.05, 0) is 28.1 Å². The fourth-order valence-corrected chi connectivity index (χ4v) is 3.08. The van der Waals surface area contributed by atoms with Gasteiger partial charge in [-0.25, -0.2) is 14.6 Å². The van der Waals surface area contributed by atoms with Gasteiger partial charge in [0.25, 0.3) is 0 Å². The number of nitrogens with one attached hydrogen (secondary N) is 1. The minimum absolute atomic E-state index is 0.254. The Morgan fingerprint density at radius 1 is 1.29 bits per heavy atom. The quantitative estimate of drug-likeness (QED) is 0.668. The summed E-state index contributed by atoms with van der Waals surface area (Å²) in [5, 5.41) is 8.39. The molecule has 0 saturated heterocycles. The van der Waals surface area contributed by atoms with Crippen LogP contribution in [0, 0.1) is 0 Å². The third-order valence-electron chi connectivity index (χ3n) is 3.59. The van der Waals surface area contributed by atoms with E-state index in [1.54, 1.807) is 4.68 Å². The number of benzene rings is 1. The number of hydrogen-bond donors (Lipinski definition) is 1. The van der Waals surface area contributed by atoms with Gasteiger partial charge in [-0.15, -0.1) is 0 Å². The molecule has 1 N–H and O–H groups in total. The molecule has 9 heteroatoms. The lowest BCUT2D eigenvalue weighted by atomic mass is 10.3. The number of hydrogen-bond acceptors (Lipinski definition) is 7. The van der Waals surface area contributed by atoms with E-state index in [9.17, 15) is 0 Å². The molecule has 24 heavy (non-hydrogen) atoms. The van der Waals surface area contributed by atoms with Crippen molar-refractivity contribution in [1.82, 2.24) is 19.7 Å². The van der Waals surface area contributed by atoms with Crippen LogP contribution in [0.5, 0.6) is 17.2 Å². The van der Waals surface area contributed by atoms with E-state index in [4.69, 9.17) is 14.2 Å². The molecular formula is C15H14BrN5O3. The van der Waals surface area contributed by atoms with Crippen LogP contribution in [-0.4, -0.2) is 39.7 Å². The largest absolute Gasteiger partial charge is 0.492 e. The van der Waals surface area contributed by atoms with Gasteiger partial charge in [0.2, 0.25) is 6.79 Å². The zero-order valence-electron chi connectivity index (χ0n) is 12.8.